The summed E-state index contributed by atoms with van der Waals surface area (Å²) in [5.74, 6) is 0. The maximum atomic E-state index is 11.9. The minimum absolute atomic E-state index is 0.0957. The molecule has 0 radical (unpaired) electrons. The highest BCUT2D eigenvalue weighted by atomic mass is 35.5. The van der Waals surface area contributed by atoms with Gasteiger partial charge in [0.25, 0.3) is 0 Å². The lowest BCUT2D eigenvalue weighted by atomic mass is 10.1. The fourth-order valence-electron chi connectivity index (χ4n) is 1.91. The molecule has 1 atom stereocenters. The van der Waals surface area contributed by atoms with Gasteiger partial charge < -0.3 is 10.6 Å². The molecule has 0 saturated carbocycles. The third-order valence-electron chi connectivity index (χ3n) is 3.06. The van der Waals surface area contributed by atoms with Crippen molar-refractivity contribution in [2.75, 3.05) is 0 Å². The van der Waals surface area contributed by atoms with Crippen LogP contribution in [0.2, 0.25) is 10.0 Å². The number of amides is 2. The molecule has 0 saturated heterocycles. The van der Waals surface area contributed by atoms with E-state index in [2.05, 4.69) is 10.6 Å². The van der Waals surface area contributed by atoms with Crippen LogP contribution in [-0.4, -0.2) is 6.03 Å². The first kappa shape index (κ1) is 15.7. The monoisotopic (exact) mass is 322 g/mol. The molecule has 2 aromatic rings. The largest absolute Gasteiger partial charge is 0.334 e. The molecule has 0 aromatic heterocycles. The van der Waals surface area contributed by atoms with E-state index in [1.54, 1.807) is 18.2 Å². The van der Waals surface area contributed by atoms with Crippen molar-refractivity contribution in [2.24, 2.45) is 0 Å². The molecule has 0 aliphatic rings. The van der Waals surface area contributed by atoms with Gasteiger partial charge in [0.15, 0.2) is 0 Å². The molecule has 3 nitrogen and oxygen atoms in total. The minimum Gasteiger partial charge on any atom is -0.334 e. The van der Waals surface area contributed by atoms with Crippen molar-refractivity contribution in [1.82, 2.24) is 10.6 Å². The number of nitrogens with one attached hydrogen (secondary N) is 2. The van der Waals surface area contributed by atoms with Gasteiger partial charge in [0.05, 0.1) is 6.04 Å². The van der Waals surface area contributed by atoms with E-state index in [-0.39, 0.29) is 12.1 Å². The highest BCUT2D eigenvalue weighted by molar-refractivity contribution is 6.30. The summed E-state index contributed by atoms with van der Waals surface area (Å²) in [6.45, 7) is 2.35. The van der Waals surface area contributed by atoms with Crippen molar-refractivity contribution in [3.63, 3.8) is 0 Å². The van der Waals surface area contributed by atoms with Crippen LogP contribution in [0.5, 0.6) is 0 Å². The van der Waals surface area contributed by atoms with E-state index in [1.165, 1.54) is 0 Å². The van der Waals surface area contributed by atoms with Crippen molar-refractivity contribution in [3.05, 3.63) is 69.7 Å². The number of hydrogen-bond acceptors (Lipinski definition) is 1. The van der Waals surface area contributed by atoms with Crippen LogP contribution in [0.1, 0.15) is 24.1 Å². The van der Waals surface area contributed by atoms with E-state index >= 15 is 0 Å². The van der Waals surface area contributed by atoms with Crippen LogP contribution in [0.25, 0.3) is 0 Å². The first-order chi connectivity index (χ1) is 10.0. The molecule has 0 heterocycles. The quantitative estimate of drug-likeness (QED) is 0.851. The molecule has 110 valence electrons. The van der Waals surface area contributed by atoms with Gasteiger partial charge in [-0.1, -0.05) is 47.5 Å². The van der Waals surface area contributed by atoms with Gasteiger partial charge in [0, 0.05) is 16.6 Å². The number of benzene rings is 2. The molecule has 21 heavy (non-hydrogen) atoms. The van der Waals surface area contributed by atoms with Crippen LogP contribution in [0, 0.1) is 0 Å². The van der Waals surface area contributed by atoms with Gasteiger partial charge in [0.2, 0.25) is 0 Å². The predicted octanol–water partition coefficient (Wildman–Crippen LogP) is 4.55. The number of rotatable bonds is 4. The third-order valence-corrected chi connectivity index (χ3v) is 3.55. The highest BCUT2D eigenvalue weighted by Crippen LogP contribution is 2.16. The van der Waals surface area contributed by atoms with E-state index < -0.39 is 0 Å². The van der Waals surface area contributed by atoms with Gasteiger partial charge in [-0.15, -0.1) is 0 Å². The van der Waals surface area contributed by atoms with Crippen LogP contribution in [0.4, 0.5) is 4.79 Å². The molecule has 0 aliphatic heterocycles. The maximum Gasteiger partial charge on any atom is 0.315 e. The Morgan fingerprint density at radius 1 is 1.10 bits per heavy atom. The second kappa shape index (κ2) is 7.34. The Kier molecular flexibility index (Phi) is 5.48. The zero-order valence-corrected chi connectivity index (χ0v) is 13.1. The summed E-state index contributed by atoms with van der Waals surface area (Å²) in [5, 5.41) is 7.01. The molecule has 2 N–H and O–H groups in total. The number of urea groups is 1. The first-order valence-corrected chi connectivity index (χ1v) is 7.34. The number of carbonyl (C=O) groups is 1. The van der Waals surface area contributed by atoms with Crippen molar-refractivity contribution in [2.45, 2.75) is 19.5 Å². The lowest BCUT2D eigenvalue weighted by Gasteiger charge is -2.15. The minimum atomic E-state index is -0.225. The molecule has 5 heteroatoms. The van der Waals surface area contributed by atoms with Gasteiger partial charge >= 0.3 is 6.03 Å². The summed E-state index contributed by atoms with van der Waals surface area (Å²) < 4.78 is 0. The molecule has 0 aliphatic carbocycles. The fraction of sp³-hybridized carbons (Fsp3) is 0.188. The summed E-state index contributed by atoms with van der Waals surface area (Å²) in [6, 6.07) is 14.5. The summed E-state index contributed by atoms with van der Waals surface area (Å²) in [5.41, 5.74) is 1.95. The molecular formula is C16H16Cl2N2O. The predicted molar refractivity (Wildman–Crippen MR) is 86.7 cm³/mol. The smallest absolute Gasteiger partial charge is 0.315 e. The van der Waals surface area contributed by atoms with Gasteiger partial charge in [0.1, 0.15) is 0 Å². The topological polar surface area (TPSA) is 41.1 Å². The number of halogens is 2. The molecule has 0 bridgehead atoms. The van der Waals surface area contributed by atoms with Crippen molar-refractivity contribution in [1.29, 1.82) is 0 Å². The Hall–Kier alpha value is -1.71. The maximum absolute atomic E-state index is 11.9. The standard InChI is InChI=1S/C16H16Cl2N2O/c1-11(13-5-7-14(17)8-6-13)20-16(21)19-10-12-3-2-4-15(18)9-12/h2-9,11H,10H2,1H3,(H2,19,20,21). The SMILES string of the molecule is CC(NC(=O)NCc1cccc(Cl)c1)c1ccc(Cl)cc1. The van der Waals surface area contributed by atoms with Crippen molar-refractivity contribution >= 4 is 29.2 Å². The van der Waals surface area contributed by atoms with E-state index in [1.807, 2.05) is 37.3 Å². The fourth-order valence-corrected chi connectivity index (χ4v) is 2.25. The van der Waals surface area contributed by atoms with Gasteiger partial charge in [-0.05, 0) is 42.3 Å². The Morgan fingerprint density at radius 3 is 2.48 bits per heavy atom. The van der Waals surface area contributed by atoms with Crippen molar-refractivity contribution < 1.29 is 4.79 Å². The number of carbonyl (C=O) groups excluding carboxylic acids is 1. The Morgan fingerprint density at radius 2 is 1.81 bits per heavy atom. The lowest BCUT2D eigenvalue weighted by Crippen LogP contribution is -2.36. The second-order valence-corrected chi connectivity index (χ2v) is 5.60. The van der Waals surface area contributed by atoms with Gasteiger partial charge in [-0.2, -0.15) is 0 Å². The van der Waals surface area contributed by atoms with Crippen LogP contribution in [0.3, 0.4) is 0 Å². The molecule has 0 fully saturated rings. The Bertz CT molecular complexity index is 614. The van der Waals surface area contributed by atoms with Crippen LogP contribution in [-0.2, 0) is 6.54 Å². The zero-order valence-electron chi connectivity index (χ0n) is 11.6. The first-order valence-electron chi connectivity index (χ1n) is 6.59. The van der Waals surface area contributed by atoms with Crippen LogP contribution in [0.15, 0.2) is 48.5 Å². The lowest BCUT2D eigenvalue weighted by molar-refractivity contribution is 0.237. The average Bonchev–Trinajstić information content (AvgIpc) is 2.46. The van der Waals surface area contributed by atoms with Crippen molar-refractivity contribution in [3.8, 4) is 0 Å². The molecule has 0 spiro atoms. The molecule has 2 amide bonds. The third kappa shape index (κ3) is 4.96. The van der Waals surface area contributed by atoms with E-state index in [9.17, 15) is 4.79 Å². The normalized spacial score (nSPS) is 11.8. The molecule has 1 unspecified atom stereocenters. The van der Waals surface area contributed by atoms with Crippen LogP contribution < -0.4 is 10.6 Å². The average molecular weight is 323 g/mol. The van der Waals surface area contributed by atoms with Gasteiger partial charge in [-0.3, -0.25) is 0 Å². The van der Waals surface area contributed by atoms with E-state index in [4.69, 9.17) is 23.2 Å². The molecule has 2 rings (SSSR count). The Balaban J connectivity index is 1.85. The zero-order chi connectivity index (χ0) is 15.2. The van der Waals surface area contributed by atoms with E-state index in [0.29, 0.717) is 16.6 Å². The summed E-state index contributed by atoms with van der Waals surface area (Å²) in [6.07, 6.45) is 0. The van der Waals surface area contributed by atoms with Gasteiger partial charge in [-0.25, -0.2) is 4.79 Å². The van der Waals surface area contributed by atoms with Crippen LogP contribution >= 0.6 is 23.2 Å². The Labute approximate surface area is 134 Å². The molecular weight excluding hydrogens is 307 g/mol. The molecule has 2 aromatic carbocycles. The summed E-state index contributed by atoms with van der Waals surface area (Å²) in [7, 11) is 0. The summed E-state index contributed by atoms with van der Waals surface area (Å²) in [4.78, 5) is 11.9. The number of hydrogen-bond donors (Lipinski definition) is 2. The second-order valence-electron chi connectivity index (χ2n) is 4.73. The summed E-state index contributed by atoms with van der Waals surface area (Å²) >= 11 is 11.7. The highest BCUT2D eigenvalue weighted by Gasteiger charge is 2.09. The van der Waals surface area contributed by atoms with E-state index in [0.717, 1.165) is 11.1 Å².